The van der Waals surface area contributed by atoms with Crippen molar-refractivity contribution in [2.24, 2.45) is 11.8 Å². The molecule has 2 aromatic rings. The fourth-order valence-electron chi connectivity index (χ4n) is 4.29. The number of aryl methyl sites for hydroxylation is 1. The highest BCUT2D eigenvalue weighted by atomic mass is 15.1. The van der Waals surface area contributed by atoms with E-state index in [1.165, 1.54) is 41.3 Å². The fraction of sp³-hybridized carbons (Fsp3) is 0.533. The van der Waals surface area contributed by atoms with Gasteiger partial charge in [0, 0.05) is 10.8 Å². The summed E-state index contributed by atoms with van der Waals surface area (Å²) in [7, 11) is 0. The first-order valence-corrected chi connectivity index (χ1v) is 6.65. The van der Waals surface area contributed by atoms with Gasteiger partial charge in [-0.3, -0.25) is 5.10 Å². The molecule has 1 aromatic heterocycles. The van der Waals surface area contributed by atoms with Gasteiger partial charge in [-0.05, 0) is 43.2 Å². The summed E-state index contributed by atoms with van der Waals surface area (Å²) >= 11 is 0. The zero-order valence-electron chi connectivity index (χ0n) is 10.5. The number of nitrogens with one attached hydrogen (secondary N) is 1. The second-order valence-corrected chi connectivity index (χ2v) is 6.07. The summed E-state index contributed by atoms with van der Waals surface area (Å²) in [5, 5.41) is 8.68. The predicted molar refractivity (Wildman–Crippen MR) is 69.0 cm³/mol. The van der Waals surface area contributed by atoms with E-state index in [1.807, 2.05) is 6.20 Å². The standard InChI is InChI=1S/C15H18N2/c1-9-6-10-8-16-17-14(10)13(7-9)15(2)11-4-3-5-12(11)15/h6-8,11-12H,3-5H2,1-2H3,(H,16,17). The molecular formula is C15H18N2. The van der Waals surface area contributed by atoms with Crippen LogP contribution in [-0.2, 0) is 5.41 Å². The molecule has 1 N–H and O–H groups in total. The van der Waals surface area contributed by atoms with E-state index in [1.54, 1.807) is 0 Å². The van der Waals surface area contributed by atoms with E-state index in [-0.39, 0.29) is 0 Å². The molecule has 2 nitrogen and oxygen atoms in total. The van der Waals surface area contributed by atoms with E-state index in [9.17, 15) is 0 Å². The Balaban J connectivity index is 1.94. The van der Waals surface area contributed by atoms with E-state index >= 15 is 0 Å². The molecule has 88 valence electrons. The Morgan fingerprint density at radius 1 is 1.29 bits per heavy atom. The Morgan fingerprint density at radius 3 is 2.82 bits per heavy atom. The van der Waals surface area contributed by atoms with Crippen molar-refractivity contribution < 1.29 is 0 Å². The lowest BCUT2D eigenvalue weighted by Gasteiger charge is -2.17. The van der Waals surface area contributed by atoms with Gasteiger partial charge in [0.25, 0.3) is 0 Å². The molecule has 17 heavy (non-hydrogen) atoms. The molecule has 0 aliphatic heterocycles. The minimum atomic E-state index is 0.426. The minimum absolute atomic E-state index is 0.426. The van der Waals surface area contributed by atoms with Crippen LogP contribution in [0.25, 0.3) is 10.9 Å². The van der Waals surface area contributed by atoms with Gasteiger partial charge in [-0.1, -0.05) is 25.0 Å². The van der Waals surface area contributed by atoms with Crippen LogP contribution in [-0.4, -0.2) is 10.2 Å². The first-order chi connectivity index (χ1) is 8.21. The molecule has 0 bridgehead atoms. The Hall–Kier alpha value is -1.31. The van der Waals surface area contributed by atoms with Crippen LogP contribution in [0.3, 0.4) is 0 Å². The zero-order valence-corrected chi connectivity index (χ0v) is 10.5. The molecule has 2 unspecified atom stereocenters. The van der Waals surface area contributed by atoms with Crippen molar-refractivity contribution in [3.8, 4) is 0 Å². The van der Waals surface area contributed by atoms with Gasteiger partial charge < -0.3 is 0 Å². The molecule has 2 heteroatoms. The van der Waals surface area contributed by atoms with E-state index < -0.39 is 0 Å². The summed E-state index contributed by atoms with van der Waals surface area (Å²) in [6.07, 6.45) is 6.23. The molecule has 2 atom stereocenters. The summed E-state index contributed by atoms with van der Waals surface area (Å²) < 4.78 is 0. The molecule has 2 aliphatic carbocycles. The topological polar surface area (TPSA) is 28.7 Å². The van der Waals surface area contributed by atoms with E-state index in [2.05, 4.69) is 36.2 Å². The Morgan fingerprint density at radius 2 is 2.06 bits per heavy atom. The summed E-state index contributed by atoms with van der Waals surface area (Å²) in [5.41, 5.74) is 4.57. The third-order valence-electron chi connectivity index (χ3n) is 5.22. The number of H-pyrrole nitrogens is 1. The van der Waals surface area contributed by atoms with Crippen molar-refractivity contribution >= 4 is 10.9 Å². The highest BCUT2D eigenvalue weighted by Gasteiger charge is 2.63. The largest absolute Gasteiger partial charge is 0.278 e. The van der Waals surface area contributed by atoms with Crippen LogP contribution in [0.2, 0.25) is 0 Å². The third kappa shape index (κ3) is 1.09. The predicted octanol–water partition coefficient (Wildman–Crippen LogP) is 3.56. The lowest BCUT2D eigenvalue weighted by molar-refractivity contribution is 0.552. The Labute approximate surface area is 101 Å². The van der Waals surface area contributed by atoms with E-state index in [0.29, 0.717) is 5.41 Å². The molecule has 2 saturated carbocycles. The molecule has 1 heterocycles. The summed E-state index contributed by atoms with van der Waals surface area (Å²) in [5.74, 6) is 1.85. The molecule has 4 rings (SSSR count). The zero-order chi connectivity index (χ0) is 11.6. The monoisotopic (exact) mass is 226 g/mol. The summed E-state index contributed by atoms with van der Waals surface area (Å²) in [4.78, 5) is 0. The highest BCUT2D eigenvalue weighted by Crippen LogP contribution is 2.68. The fourth-order valence-corrected chi connectivity index (χ4v) is 4.29. The summed E-state index contributed by atoms with van der Waals surface area (Å²) in [6.45, 7) is 4.65. The number of aromatic amines is 1. The van der Waals surface area contributed by atoms with Crippen molar-refractivity contribution in [2.75, 3.05) is 0 Å². The van der Waals surface area contributed by atoms with Gasteiger partial charge in [0.15, 0.2) is 0 Å². The molecule has 0 amide bonds. The van der Waals surface area contributed by atoms with Crippen molar-refractivity contribution in [3.63, 3.8) is 0 Å². The molecule has 2 aliphatic rings. The van der Waals surface area contributed by atoms with Gasteiger partial charge in [0.1, 0.15) is 0 Å². The van der Waals surface area contributed by atoms with Crippen molar-refractivity contribution in [1.82, 2.24) is 10.2 Å². The number of benzene rings is 1. The number of hydrogen-bond donors (Lipinski definition) is 1. The number of nitrogens with zero attached hydrogens (tertiary/aromatic N) is 1. The summed E-state index contributed by atoms with van der Waals surface area (Å²) in [6, 6.07) is 4.60. The number of hydrogen-bond acceptors (Lipinski definition) is 1. The van der Waals surface area contributed by atoms with Crippen LogP contribution < -0.4 is 0 Å². The minimum Gasteiger partial charge on any atom is -0.278 e. The number of rotatable bonds is 1. The smallest absolute Gasteiger partial charge is 0.0688 e. The van der Waals surface area contributed by atoms with E-state index in [4.69, 9.17) is 0 Å². The van der Waals surface area contributed by atoms with Gasteiger partial charge in [0.05, 0.1) is 11.7 Å². The molecule has 0 radical (unpaired) electrons. The van der Waals surface area contributed by atoms with Crippen LogP contribution >= 0.6 is 0 Å². The van der Waals surface area contributed by atoms with Crippen LogP contribution in [0.4, 0.5) is 0 Å². The number of aromatic nitrogens is 2. The van der Waals surface area contributed by atoms with Crippen molar-refractivity contribution in [3.05, 3.63) is 29.5 Å². The highest BCUT2D eigenvalue weighted by molar-refractivity contribution is 5.84. The first kappa shape index (κ1) is 9.69. The van der Waals surface area contributed by atoms with Crippen molar-refractivity contribution in [2.45, 2.75) is 38.5 Å². The average molecular weight is 226 g/mol. The van der Waals surface area contributed by atoms with Gasteiger partial charge in [-0.15, -0.1) is 0 Å². The van der Waals surface area contributed by atoms with Crippen LogP contribution in [0.15, 0.2) is 18.3 Å². The lowest BCUT2D eigenvalue weighted by Crippen LogP contribution is -2.10. The molecule has 0 spiro atoms. The second-order valence-electron chi connectivity index (χ2n) is 6.07. The normalized spacial score (nSPS) is 35.2. The molecule has 2 fully saturated rings. The maximum absolute atomic E-state index is 4.21. The van der Waals surface area contributed by atoms with Gasteiger partial charge in [-0.2, -0.15) is 5.10 Å². The Bertz CT molecular complexity index is 586. The van der Waals surface area contributed by atoms with Crippen molar-refractivity contribution in [1.29, 1.82) is 0 Å². The number of fused-ring (bicyclic) bond motifs is 2. The maximum Gasteiger partial charge on any atom is 0.0688 e. The average Bonchev–Trinajstić information content (AvgIpc) is 2.79. The van der Waals surface area contributed by atoms with Gasteiger partial charge in [0.2, 0.25) is 0 Å². The molecule has 0 saturated heterocycles. The quantitative estimate of drug-likeness (QED) is 0.791. The van der Waals surface area contributed by atoms with Gasteiger partial charge in [-0.25, -0.2) is 0 Å². The van der Waals surface area contributed by atoms with Crippen LogP contribution in [0.1, 0.15) is 37.3 Å². The van der Waals surface area contributed by atoms with Crippen LogP contribution in [0, 0.1) is 18.8 Å². The maximum atomic E-state index is 4.21. The third-order valence-corrected chi connectivity index (χ3v) is 5.22. The SMILES string of the molecule is Cc1cc(C2(C)C3CCCC32)c2[nH]ncc2c1. The second kappa shape index (κ2) is 2.92. The Kier molecular flexibility index (Phi) is 1.67. The van der Waals surface area contributed by atoms with Gasteiger partial charge >= 0.3 is 0 Å². The van der Waals surface area contributed by atoms with Crippen LogP contribution in [0.5, 0.6) is 0 Å². The molecule has 1 aromatic carbocycles. The molecular weight excluding hydrogens is 208 g/mol. The van der Waals surface area contributed by atoms with E-state index in [0.717, 1.165) is 11.8 Å². The first-order valence-electron chi connectivity index (χ1n) is 6.65. The lowest BCUT2D eigenvalue weighted by atomic mass is 9.87.